The van der Waals surface area contributed by atoms with Crippen LogP contribution in [0.15, 0.2) is 42.0 Å². The van der Waals surface area contributed by atoms with Crippen molar-refractivity contribution < 1.29 is 14.3 Å². The fourth-order valence-electron chi connectivity index (χ4n) is 2.89. The van der Waals surface area contributed by atoms with Crippen molar-refractivity contribution in [1.82, 2.24) is 4.90 Å². The summed E-state index contributed by atoms with van der Waals surface area (Å²) in [6.45, 7) is 3.59. The van der Waals surface area contributed by atoms with E-state index in [0.717, 1.165) is 12.0 Å². The number of carbonyl (C=O) groups excluding carboxylic acids is 1. The van der Waals surface area contributed by atoms with Crippen molar-refractivity contribution in [3.05, 3.63) is 47.5 Å². The lowest BCUT2D eigenvalue weighted by atomic mass is 9.96. The third-order valence-electron chi connectivity index (χ3n) is 3.80. The van der Waals surface area contributed by atoms with E-state index in [4.69, 9.17) is 9.47 Å². The highest BCUT2D eigenvalue weighted by Gasteiger charge is 2.37. The maximum Gasteiger partial charge on any atom is 0.411 e. The molecule has 1 aromatic rings. The lowest BCUT2D eigenvalue weighted by Gasteiger charge is -2.43. The number of benzene rings is 1. The van der Waals surface area contributed by atoms with Gasteiger partial charge in [0.25, 0.3) is 0 Å². The summed E-state index contributed by atoms with van der Waals surface area (Å²) in [7, 11) is 0. The molecule has 1 fully saturated rings. The predicted molar refractivity (Wildman–Crippen MR) is 75.2 cm³/mol. The molecule has 0 aliphatic carbocycles. The minimum Gasteiger partial charge on any atom is -0.445 e. The van der Waals surface area contributed by atoms with E-state index in [1.807, 2.05) is 35.2 Å². The molecule has 20 heavy (non-hydrogen) atoms. The molecule has 0 radical (unpaired) electrons. The molecule has 0 aromatic heterocycles. The second-order valence-electron chi connectivity index (χ2n) is 5.42. The molecule has 1 amide bonds. The van der Waals surface area contributed by atoms with E-state index in [2.05, 4.69) is 13.0 Å². The smallest absolute Gasteiger partial charge is 0.411 e. The average molecular weight is 273 g/mol. The molecule has 106 valence electrons. The summed E-state index contributed by atoms with van der Waals surface area (Å²) < 4.78 is 11.0. The van der Waals surface area contributed by atoms with Crippen LogP contribution in [0.2, 0.25) is 0 Å². The molecule has 3 rings (SSSR count). The van der Waals surface area contributed by atoms with Crippen LogP contribution >= 0.6 is 0 Å². The molecule has 2 atom stereocenters. The Kier molecular flexibility index (Phi) is 3.74. The molecule has 1 aromatic carbocycles. The fourth-order valence-corrected chi connectivity index (χ4v) is 2.89. The molecule has 4 nitrogen and oxygen atoms in total. The molecule has 2 unspecified atom stereocenters. The van der Waals surface area contributed by atoms with Gasteiger partial charge >= 0.3 is 6.09 Å². The van der Waals surface area contributed by atoms with Gasteiger partial charge in [0.1, 0.15) is 6.61 Å². The zero-order valence-electron chi connectivity index (χ0n) is 11.6. The highest BCUT2D eigenvalue weighted by Crippen LogP contribution is 2.27. The Labute approximate surface area is 119 Å². The highest BCUT2D eigenvalue weighted by molar-refractivity contribution is 5.69. The Morgan fingerprint density at radius 1 is 1.35 bits per heavy atom. The van der Waals surface area contributed by atoms with Gasteiger partial charge in [-0.25, -0.2) is 4.79 Å². The van der Waals surface area contributed by atoms with Gasteiger partial charge in [0.2, 0.25) is 0 Å². The minimum atomic E-state index is -0.240. The molecule has 4 heteroatoms. The van der Waals surface area contributed by atoms with Crippen LogP contribution in [0, 0.1) is 0 Å². The Bertz CT molecular complexity index is 512. The second kappa shape index (κ2) is 5.67. The van der Waals surface area contributed by atoms with Crippen LogP contribution in [0.5, 0.6) is 0 Å². The van der Waals surface area contributed by atoms with Crippen LogP contribution in [0.4, 0.5) is 4.79 Å². The zero-order valence-corrected chi connectivity index (χ0v) is 11.6. The van der Waals surface area contributed by atoms with Gasteiger partial charge in [-0.05, 0) is 18.9 Å². The SMILES string of the molecule is CC1=CC2COCC(C1)N2C(=O)OCc1ccccc1. The molecule has 2 aliphatic rings. The molecule has 2 aliphatic heterocycles. The fraction of sp³-hybridized carbons (Fsp3) is 0.438. The van der Waals surface area contributed by atoms with Crippen LogP contribution in [-0.2, 0) is 16.1 Å². The van der Waals surface area contributed by atoms with E-state index in [-0.39, 0.29) is 18.2 Å². The number of nitrogens with zero attached hydrogens (tertiary/aromatic N) is 1. The van der Waals surface area contributed by atoms with E-state index < -0.39 is 0 Å². The number of amides is 1. The van der Waals surface area contributed by atoms with E-state index in [0.29, 0.717) is 19.8 Å². The van der Waals surface area contributed by atoms with Crippen molar-refractivity contribution in [2.24, 2.45) is 0 Å². The summed E-state index contributed by atoms with van der Waals surface area (Å²) in [5.41, 5.74) is 2.33. The Hall–Kier alpha value is -1.81. The Morgan fingerprint density at radius 3 is 2.90 bits per heavy atom. The van der Waals surface area contributed by atoms with Gasteiger partial charge in [0.15, 0.2) is 0 Å². The first-order chi connectivity index (χ1) is 9.74. The largest absolute Gasteiger partial charge is 0.445 e. The maximum atomic E-state index is 12.3. The number of rotatable bonds is 2. The van der Waals surface area contributed by atoms with Crippen molar-refractivity contribution in [2.75, 3.05) is 13.2 Å². The molecule has 0 saturated carbocycles. The highest BCUT2D eigenvalue weighted by atomic mass is 16.6. The lowest BCUT2D eigenvalue weighted by Crippen LogP contribution is -2.56. The zero-order chi connectivity index (χ0) is 13.9. The third kappa shape index (κ3) is 2.70. The van der Waals surface area contributed by atoms with Gasteiger partial charge in [0, 0.05) is 0 Å². The predicted octanol–water partition coefficient (Wildman–Crippen LogP) is 2.74. The van der Waals surface area contributed by atoms with Crippen molar-refractivity contribution in [2.45, 2.75) is 32.0 Å². The normalized spacial score (nSPS) is 25.1. The van der Waals surface area contributed by atoms with Gasteiger partial charge < -0.3 is 9.47 Å². The monoisotopic (exact) mass is 273 g/mol. The molecule has 2 heterocycles. The van der Waals surface area contributed by atoms with Crippen LogP contribution in [0.1, 0.15) is 18.9 Å². The van der Waals surface area contributed by atoms with Crippen molar-refractivity contribution >= 4 is 6.09 Å². The lowest BCUT2D eigenvalue weighted by molar-refractivity contribution is -0.0371. The van der Waals surface area contributed by atoms with Crippen LogP contribution in [0.3, 0.4) is 0 Å². The van der Waals surface area contributed by atoms with Crippen molar-refractivity contribution in [3.63, 3.8) is 0 Å². The van der Waals surface area contributed by atoms with E-state index in [1.54, 1.807) is 0 Å². The van der Waals surface area contributed by atoms with Gasteiger partial charge in [-0.3, -0.25) is 4.90 Å². The summed E-state index contributed by atoms with van der Waals surface area (Å²) in [5.74, 6) is 0. The molecule has 1 saturated heterocycles. The van der Waals surface area contributed by atoms with Crippen LogP contribution in [0.25, 0.3) is 0 Å². The average Bonchev–Trinajstić information content (AvgIpc) is 2.45. The van der Waals surface area contributed by atoms with E-state index in [9.17, 15) is 4.79 Å². The van der Waals surface area contributed by atoms with Crippen molar-refractivity contribution in [1.29, 1.82) is 0 Å². The van der Waals surface area contributed by atoms with Gasteiger partial charge in [0.05, 0.1) is 25.3 Å². The van der Waals surface area contributed by atoms with Crippen molar-refractivity contribution in [3.8, 4) is 0 Å². The standard InChI is InChI=1S/C16H19NO3/c1-12-7-14-10-19-11-15(8-12)17(14)16(18)20-9-13-5-3-2-4-6-13/h2-7,14-15H,8-11H2,1H3. The summed E-state index contributed by atoms with van der Waals surface area (Å²) >= 11 is 0. The quantitative estimate of drug-likeness (QED) is 0.778. The molecular weight excluding hydrogens is 254 g/mol. The summed E-state index contributed by atoms with van der Waals surface area (Å²) in [4.78, 5) is 14.1. The van der Waals surface area contributed by atoms with E-state index >= 15 is 0 Å². The van der Waals surface area contributed by atoms with Crippen LogP contribution < -0.4 is 0 Å². The number of morpholine rings is 1. The third-order valence-corrected chi connectivity index (χ3v) is 3.80. The number of fused-ring (bicyclic) bond motifs is 2. The summed E-state index contributed by atoms with van der Waals surface area (Å²) in [5, 5.41) is 0. The molecule has 0 N–H and O–H groups in total. The first-order valence-electron chi connectivity index (χ1n) is 6.98. The topological polar surface area (TPSA) is 38.8 Å². The second-order valence-corrected chi connectivity index (χ2v) is 5.42. The number of ether oxygens (including phenoxy) is 2. The Morgan fingerprint density at radius 2 is 2.15 bits per heavy atom. The molecule has 2 bridgehead atoms. The number of hydrogen-bond acceptors (Lipinski definition) is 3. The summed E-state index contributed by atoms with van der Waals surface area (Å²) in [6, 6.07) is 9.88. The number of carbonyl (C=O) groups is 1. The van der Waals surface area contributed by atoms with Gasteiger partial charge in [-0.2, -0.15) is 0 Å². The molecule has 0 spiro atoms. The van der Waals surface area contributed by atoms with E-state index in [1.165, 1.54) is 5.57 Å². The first-order valence-corrected chi connectivity index (χ1v) is 6.98. The summed E-state index contributed by atoms with van der Waals surface area (Å²) in [6.07, 6.45) is 2.74. The van der Waals surface area contributed by atoms with Gasteiger partial charge in [-0.1, -0.05) is 42.0 Å². The van der Waals surface area contributed by atoms with Gasteiger partial charge in [-0.15, -0.1) is 0 Å². The Balaban J connectivity index is 1.65. The number of hydrogen-bond donors (Lipinski definition) is 0. The molecular formula is C16H19NO3. The first kappa shape index (κ1) is 13.2. The maximum absolute atomic E-state index is 12.3. The minimum absolute atomic E-state index is 0.0192. The van der Waals surface area contributed by atoms with Crippen LogP contribution in [-0.4, -0.2) is 36.3 Å².